The van der Waals surface area contributed by atoms with Crippen LogP contribution >= 0.6 is 12.2 Å². The summed E-state index contributed by atoms with van der Waals surface area (Å²) in [7, 11) is 0. The van der Waals surface area contributed by atoms with Crippen LogP contribution in [0.3, 0.4) is 0 Å². The van der Waals surface area contributed by atoms with Crippen molar-refractivity contribution in [2.75, 3.05) is 5.32 Å². The molecule has 20 heavy (non-hydrogen) atoms. The Balaban J connectivity index is 2.28. The first-order chi connectivity index (χ1) is 9.49. The number of halogens is 1. The largest absolute Gasteiger partial charge is 0.389 e. The second-order valence-electron chi connectivity index (χ2n) is 4.63. The Labute approximate surface area is 123 Å². The van der Waals surface area contributed by atoms with E-state index in [2.05, 4.69) is 10.3 Å². The van der Waals surface area contributed by atoms with Gasteiger partial charge in [-0.05, 0) is 43.2 Å². The minimum absolute atomic E-state index is 0.0296. The maximum absolute atomic E-state index is 12.9. The number of benzene rings is 1. The van der Waals surface area contributed by atoms with Crippen molar-refractivity contribution >= 4 is 23.0 Å². The number of thiocarbonyl (C=S) groups is 1. The minimum atomic E-state index is -0.251. The summed E-state index contributed by atoms with van der Waals surface area (Å²) in [5, 5.41) is 3.27. The Bertz CT molecular complexity index is 626. The molecule has 0 spiro atoms. The minimum Gasteiger partial charge on any atom is -0.389 e. The van der Waals surface area contributed by atoms with Crippen molar-refractivity contribution in [1.82, 2.24) is 4.98 Å². The zero-order valence-corrected chi connectivity index (χ0v) is 12.2. The number of aryl methyl sites for hydroxylation is 1. The first kappa shape index (κ1) is 14.4. The lowest BCUT2D eigenvalue weighted by Gasteiger charge is -2.18. The van der Waals surface area contributed by atoms with Gasteiger partial charge in [0.05, 0.1) is 5.56 Å². The molecule has 0 bridgehead atoms. The molecule has 0 fully saturated rings. The lowest BCUT2D eigenvalue weighted by Crippen LogP contribution is -2.17. The van der Waals surface area contributed by atoms with Gasteiger partial charge in [-0.25, -0.2) is 9.37 Å². The molecule has 0 aliphatic rings. The molecular formula is C15H16FN3S. The Morgan fingerprint density at radius 3 is 2.55 bits per heavy atom. The zero-order chi connectivity index (χ0) is 14.7. The summed E-state index contributed by atoms with van der Waals surface area (Å²) in [6, 6.07) is 8.18. The van der Waals surface area contributed by atoms with Crippen molar-refractivity contribution in [3.8, 4) is 0 Å². The molecule has 1 unspecified atom stereocenters. The molecule has 1 atom stereocenters. The van der Waals surface area contributed by atoms with Crippen molar-refractivity contribution < 1.29 is 4.39 Å². The zero-order valence-electron chi connectivity index (χ0n) is 11.4. The smallest absolute Gasteiger partial charge is 0.136 e. The summed E-state index contributed by atoms with van der Waals surface area (Å²) in [6.45, 7) is 3.91. The van der Waals surface area contributed by atoms with E-state index >= 15 is 0 Å². The molecule has 0 saturated heterocycles. The van der Waals surface area contributed by atoms with Crippen LogP contribution in [0.1, 0.15) is 29.7 Å². The fraction of sp³-hybridized carbons (Fsp3) is 0.200. The molecule has 0 aliphatic carbocycles. The molecule has 0 radical (unpaired) electrons. The summed E-state index contributed by atoms with van der Waals surface area (Å²) in [4.78, 5) is 4.60. The van der Waals surface area contributed by atoms with Crippen LogP contribution in [0.4, 0.5) is 10.2 Å². The van der Waals surface area contributed by atoms with Gasteiger partial charge in [0.25, 0.3) is 0 Å². The van der Waals surface area contributed by atoms with E-state index in [1.54, 1.807) is 18.3 Å². The molecule has 1 heterocycles. The third-order valence-electron chi connectivity index (χ3n) is 3.13. The van der Waals surface area contributed by atoms with E-state index in [9.17, 15) is 4.39 Å². The predicted octanol–water partition coefficient (Wildman–Crippen LogP) is 3.34. The SMILES string of the molecule is Cc1ccnc(NC(C)c2ccc(F)cc2)c1C(N)=S. The van der Waals surface area contributed by atoms with E-state index in [1.807, 2.05) is 19.9 Å². The van der Waals surface area contributed by atoms with Gasteiger partial charge in [-0.15, -0.1) is 0 Å². The van der Waals surface area contributed by atoms with E-state index in [0.717, 1.165) is 16.7 Å². The summed E-state index contributed by atoms with van der Waals surface area (Å²) in [5.41, 5.74) is 8.43. The van der Waals surface area contributed by atoms with Gasteiger partial charge in [0.15, 0.2) is 0 Å². The Hall–Kier alpha value is -2.01. The third-order valence-corrected chi connectivity index (χ3v) is 3.33. The fourth-order valence-corrected chi connectivity index (χ4v) is 2.28. The second-order valence-corrected chi connectivity index (χ2v) is 5.07. The van der Waals surface area contributed by atoms with Gasteiger partial charge >= 0.3 is 0 Å². The van der Waals surface area contributed by atoms with Gasteiger partial charge in [-0.1, -0.05) is 24.4 Å². The number of nitrogens with two attached hydrogens (primary N) is 1. The molecule has 5 heteroatoms. The molecule has 2 rings (SSSR count). The standard InChI is InChI=1S/C15H16FN3S/c1-9-7-8-18-15(13(9)14(17)20)19-10(2)11-3-5-12(16)6-4-11/h3-8,10H,1-2H3,(H2,17,20)(H,18,19). The highest BCUT2D eigenvalue weighted by molar-refractivity contribution is 7.80. The van der Waals surface area contributed by atoms with Gasteiger partial charge in [0.2, 0.25) is 0 Å². The number of nitrogens with zero attached hydrogens (tertiary/aromatic N) is 1. The average molecular weight is 289 g/mol. The highest BCUT2D eigenvalue weighted by Crippen LogP contribution is 2.22. The van der Waals surface area contributed by atoms with Gasteiger partial charge in [0, 0.05) is 12.2 Å². The van der Waals surface area contributed by atoms with Crippen LogP contribution in [0, 0.1) is 12.7 Å². The van der Waals surface area contributed by atoms with Crippen molar-refractivity contribution in [2.24, 2.45) is 5.73 Å². The van der Waals surface area contributed by atoms with Crippen molar-refractivity contribution in [1.29, 1.82) is 0 Å². The van der Waals surface area contributed by atoms with Gasteiger partial charge in [0.1, 0.15) is 16.6 Å². The maximum Gasteiger partial charge on any atom is 0.136 e. The van der Waals surface area contributed by atoms with Crippen molar-refractivity contribution in [3.63, 3.8) is 0 Å². The molecule has 104 valence electrons. The molecule has 0 amide bonds. The second kappa shape index (κ2) is 5.96. The number of hydrogen-bond donors (Lipinski definition) is 2. The summed E-state index contributed by atoms with van der Waals surface area (Å²) < 4.78 is 12.9. The molecule has 3 nitrogen and oxygen atoms in total. The van der Waals surface area contributed by atoms with Crippen LogP contribution in [0.25, 0.3) is 0 Å². The van der Waals surface area contributed by atoms with Gasteiger partial charge < -0.3 is 11.1 Å². The molecule has 3 N–H and O–H groups in total. The number of aromatic nitrogens is 1. The quantitative estimate of drug-likeness (QED) is 0.848. The highest BCUT2D eigenvalue weighted by Gasteiger charge is 2.13. The van der Waals surface area contributed by atoms with E-state index in [4.69, 9.17) is 18.0 Å². The van der Waals surface area contributed by atoms with Crippen LogP contribution < -0.4 is 11.1 Å². The maximum atomic E-state index is 12.9. The van der Waals surface area contributed by atoms with Crippen molar-refractivity contribution in [3.05, 3.63) is 59.0 Å². The van der Waals surface area contributed by atoms with Crippen LogP contribution in [-0.4, -0.2) is 9.97 Å². The molecular weight excluding hydrogens is 273 g/mol. The third kappa shape index (κ3) is 3.11. The lowest BCUT2D eigenvalue weighted by atomic mass is 10.1. The van der Waals surface area contributed by atoms with E-state index in [-0.39, 0.29) is 11.9 Å². The monoisotopic (exact) mass is 289 g/mol. The number of anilines is 1. The van der Waals surface area contributed by atoms with Gasteiger partial charge in [-0.2, -0.15) is 0 Å². The van der Waals surface area contributed by atoms with E-state index < -0.39 is 0 Å². The molecule has 1 aromatic heterocycles. The summed E-state index contributed by atoms with van der Waals surface area (Å²) in [5.74, 6) is 0.396. The molecule has 0 saturated carbocycles. The Morgan fingerprint density at radius 2 is 1.95 bits per heavy atom. The molecule has 1 aromatic carbocycles. The van der Waals surface area contributed by atoms with Crippen molar-refractivity contribution in [2.45, 2.75) is 19.9 Å². The first-order valence-electron chi connectivity index (χ1n) is 6.26. The number of nitrogens with one attached hydrogen (secondary N) is 1. The van der Waals surface area contributed by atoms with Crippen LogP contribution in [-0.2, 0) is 0 Å². The van der Waals surface area contributed by atoms with Gasteiger partial charge in [-0.3, -0.25) is 0 Å². The van der Waals surface area contributed by atoms with Crippen LogP contribution in [0.2, 0.25) is 0 Å². The Morgan fingerprint density at radius 1 is 1.30 bits per heavy atom. The lowest BCUT2D eigenvalue weighted by molar-refractivity contribution is 0.626. The topological polar surface area (TPSA) is 50.9 Å². The summed E-state index contributed by atoms with van der Waals surface area (Å²) >= 11 is 5.07. The predicted molar refractivity (Wildman–Crippen MR) is 83.3 cm³/mol. The van der Waals surface area contributed by atoms with Crippen LogP contribution in [0.15, 0.2) is 36.5 Å². The van der Waals surface area contributed by atoms with E-state index in [1.165, 1.54) is 12.1 Å². The normalized spacial score (nSPS) is 11.9. The summed E-state index contributed by atoms with van der Waals surface area (Å²) in [6.07, 6.45) is 1.71. The first-order valence-corrected chi connectivity index (χ1v) is 6.67. The number of pyridine rings is 1. The highest BCUT2D eigenvalue weighted by atomic mass is 32.1. The number of hydrogen-bond acceptors (Lipinski definition) is 3. The average Bonchev–Trinajstić information content (AvgIpc) is 2.39. The Kier molecular flexibility index (Phi) is 4.29. The molecule has 2 aromatic rings. The molecule has 0 aliphatic heterocycles. The number of rotatable bonds is 4. The van der Waals surface area contributed by atoms with Crippen LogP contribution in [0.5, 0.6) is 0 Å². The fourth-order valence-electron chi connectivity index (χ4n) is 2.02. The van der Waals surface area contributed by atoms with E-state index in [0.29, 0.717) is 10.8 Å².